The van der Waals surface area contributed by atoms with Gasteiger partial charge in [0.15, 0.2) is 5.82 Å². The van der Waals surface area contributed by atoms with E-state index in [4.69, 9.17) is 10.00 Å². The van der Waals surface area contributed by atoms with Gasteiger partial charge in [0.25, 0.3) is 0 Å². The van der Waals surface area contributed by atoms with E-state index in [1.807, 2.05) is 6.92 Å². The predicted octanol–water partition coefficient (Wildman–Crippen LogP) is 1.04. The summed E-state index contributed by atoms with van der Waals surface area (Å²) in [5.41, 5.74) is 1.58. The van der Waals surface area contributed by atoms with Gasteiger partial charge < -0.3 is 10.1 Å². The lowest BCUT2D eigenvalue weighted by Gasteiger charge is -2.38. The Morgan fingerprint density at radius 3 is 2.93 bits per heavy atom. The minimum Gasteiger partial charge on any atom is -0.380 e. The number of hydrogen-bond donors (Lipinski definition) is 2. The molecule has 0 radical (unpaired) electrons. The highest BCUT2D eigenvalue weighted by atomic mass is 16.5. The van der Waals surface area contributed by atoms with Crippen molar-refractivity contribution in [3.8, 4) is 6.07 Å². The summed E-state index contributed by atoms with van der Waals surface area (Å²) in [4.78, 5) is 0. The van der Waals surface area contributed by atoms with Crippen molar-refractivity contribution in [1.29, 1.82) is 5.26 Å². The molecule has 2 N–H and O–H groups in total. The summed E-state index contributed by atoms with van der Waals surface area (Å²) in [6.07, 6.45) is 0. The Bertz CT molecular complexity index is 400. The minimum absolute atomic E-state index is 0.180. The van der Waals surface area contributed by atoms with Gasteiger partial charge >= 0.3 is 0 Å². The monoisotopic (exact) mass is 206 g/mol. The van der Waals surface area contributed by atoms with Crippen molar-refractivity contribution in [2.24, 2.45) is 5.41 Å². The topological polar surface area (TPSA) is 73.7 Å². The number of aromatic amines is 1. The van der Waals surface area contributed by atoms with Crippen molar-refractivity contribution < 1.29 is 4.74 Å². The predicted molar refractivity (Wildman–Crippen MR) is 55.5 cm³/mol. The van der Waals surface area contributed by atoms with Gasteiger partial charge in [0.05, 0.1) is 18.9 Å². The van der Waals surface area contributed by atoms with E-state index >= 15 is 0 Å². The maximum Gasteiger partial charge on any atom is 0.166 e. The third kappa shape index (κ3) is 1.81. The molecule has 0 bridgehead atoms. The molecule has 0 saturated carbocycles. The van der Waals surface area contributed by atoms with Crippen LogP contribution in [0.4, 0.5) is 5.82 Å². The van der Waals surface area contributed by atoms with Gasteiger partial charge in [0.1, 0.15) is 11.6 Å². The molecule has 1 fully saturated rings. The number of nitriles is 1. The fraction of sp³-hybridized carbons (Fsp3) is 0.600. The van der Waals surface area contributed by atoms with Crippen LogP contribution in [0.5, 0.6) is 0 Å². The molecule has 1 aliphatic rings. The zero-order valence-corrected chi connectivity index (χ0v) is 8.92. The number of nitrogens with one attached hydrogen (secondary N) is 2. The van der Waals surface area contributed by atoms with Crippen LogP contribution in [0, 0.1) is 23.7 Å². The Balaban J connectivity index is 2.02. The quantitative estimate of drug-likeness (QED) is 0.774. The Morgan fingerprint density at radius 2 is 2.40 bits per heavy atom. The SMILES string of the molecule is Cc1[nH]nc(NCC2(C)COC2)c1C#N. The second-order valence-electron chi connectivity index (χ2n) is 4.34. The van der Waals surface area contributed by atoms with Crippen molar-refractivity contribution in [2.75, 3.05) is 25.1 Å². The van der Waals surface area contributed by atoms with E-state index in [2.05, 4.69) is 28.5 Å². The summed E-state index contributed by atoms with van der Waals surface area (Å²) in [6.45, 7) is 6.31. The Labute approximate surface area is 88.4 Å². The molecule has 5 heteroatoms. The van der Waals surface area contributed by atoms with Crippen LogP contribution in [0.3, 0.4) is 0 Å². The van der Waals surface area contributed by atoms with Gasteiger partial charge in [-0.15, -0.1) is 0 Å². The Morgan fingerprint density at radius 1 is 1.67 bits per heavy atom. The number of rotatable bonds is 3. The van der Waals surface area contributed by atoms with Gasteiger partial charge in [-0.2, -0.15) is 10.4 Å². The molecule has 0 atom stereocenters. The van der Waals surface area contributed by atoms with Crippen LogP contribution in [-0.4, -0.2) is 30.0 Å². The average molecular weight is 206 g/mol. The molecular weight excluding hydrogens is 192 g/mol. The van der Waals surface area contributed by atoms with Crippen LogP contribution in [0.1, 0.15) is 18.2 Å². The number of ether oxygens (including phenoxy) is 1. The number of H-pyrrole nitrogens is 1. The van der Waals surface area contributed by atoms with Gasteiger partial charge in [0, 0.05) is 12.0 Å². The first-order valence-electron chi connectivity index (χ1n) is 4.91. The van der Waals surface area contributed by atoms with Crippen LogP contribution in [0.25, 0.3) is 0 Å². The highest BCUT2D eigenvalue weighted by molar-refractivity contribution is 5.54. The summed E-state index contributed by atoms with van der Waals surface area (Å²) in [7, 11) is 0. The molecule has 0 spiro atoms. The number of aromatic nitrogens is 2. The van der Waals surface area contributed by atoms with E-state index in [0.29, 0.717) is 11.4 Å². The number of aryl methyl sites for hydroxylation is 1. The van der Waals surface area contributed by atoms with Crippen molar-refractivity contribution in [2.45, 2.75) is 13.8 Å². The molecule has 1 aliphatic heterocycles. The molecule has 5 nitrogen and oxygen atoms in total. The van der Waals surface area contributed by atoms with Gasteiger partial charge in [0.2, 0.25) is 0 Å². The molecule has 1 saturated heterocycles. The molecule has 0 amide bonds. The van der Waals surface area contributed by atoms with E-state index < -0.39 is 0 Å². The van der Waals surface area contributed by atoms with Crippen LogP contribution in [-0.2, 0) is 4.74 Å². The van der Waals surface area contributed by atoms with Gasteiger partial charge in [-0.05, 0) is 6.92 Å². The molecule has 1 aromatic heterocycles. The molecule has 2 heterocycles. The van der Waals surface area contributed by atoms with E-state index in [1.165, 1.54) is 0 Å². The standard InChI is InChI=1S/C10H14N4O/c1-7-8(3-11)9(14-13-7)12-4-10(2)5-15-6-10/h4-6H2,1-2H3,(H2,12,13,14). The summed E-state index contributed by atoms with van der Waals surface area (Å²) < 4.78 is 5.15. The summed E-state index contributed by atoms with van der Waals surface area (Å²) >= 11 is 0. The number of anilines is 1. The lowest BCUT2D eigenvalue weighted by atomic mass is 9.89. The maximum atomic E-state index is 8.91. The molecule has 0 aliphatic carbocycles. The lowest BCUT2D eigenvalue weighted by molar-refractivity contribution is -0.0924. The fourth-order valence-corrected chi connectivity index (χ4v) is 1.54. The first-order chi connectivity index (χ1) is 7.14. The largest absolute Gasteiger partial charge is 0.380 e. The first kappa shape index (κ1) is 9.99. The Kier molecular flexibility index (Phi) is 2.37. The first-order valence-corrected chi connectivity index (χ1v) is 4.91. The van der Waals surface area contributed by atoms with Crippen molar-refractivity contribution in [1.82, 2.24) is 10.2 Å². The normalized spacial score (nSPS) is 17.9. The highest BCUT2D eigenvalue weighted by Crippen LogP contribution is 2.27. The highest BCUT2D eigenvalue weighted by Gasteiger charge is 2.33. The van der Waals surface area contributed by atoms with Crippen LogP contribution >= 0.6 is 0 Å². The summed E-state index contributed by atoms with van der Waals surface area (Å²) in [5, 5.41) is 18.9. The second kappa shape index (κ2) is 3.55. The molecule has 15 heavy (non-hydrogen) atoms. The van der Waals surface area contributed by atoms with Gasteiger partial charge in [-0.25, -0.2) is 0 Å². The molecule has 80 valence electrons. The molecule has 1 aromatic rings. The van der Waals surface area contributed by atoms with Gasteiger partial charge in [-0.3, -0.25) is 5.10 Å². The van der Waals surface area contributed by atoms with Crippen LogP contribution < -0.4 is 5.32 Å². The number of nitrogens with zero attached hydrogens (tertiary/aromatic N) is 2. The molecular formula is C10H14N4O. The van der Waals surface area contributed by atoms with Crippen molar-refractivity contribution >= 4 is 5.82 Å². The van der Waals surface area contributed by atoms with Gasteiger partial charge in [-0.1, -0.05) is 6.92 Å². The zero-order chi connectivity index (χ0) is 10.9. The van der Waals surface area contributed by atoms with E-state index in [0.717, 1.165) is 25.5 Å². The number of hydrogen-bond acceptors (Lipinski definition) is 4. The third-order valence-electron chi connectivity index (χ3n) is 2.64. The smallest absolute Gasteiger partial charge is 0.166 e. The van der Waals surface area contributed by atoms with Crippen LogP contribution in [0.2, 0.25) is 0 Å². The second-order valence-corrected chi connectivity index (χ2v) is 4.34. The fourth-order valence-electron chi connectivity index (χ4n) is 1.54. The average Bonchev–Trinajstić information content (AvgIpc) is 2.53. The summed E-state index contributed by atoms with van der Waals surface area (Å²) in [5.74, 6) is 0.642. The van der Waals surface area contributed by atoms with E-state index in [1.54, 1.807) is 0 Å². The van der Waals surface area contributed by atoms with Crippen LogP contribution in [0.15, 0.2) is 0 Å². The molecule has 0 aromatic carbocycles. The van der Waals surface area contributed by atoms with E-state index in [9.17, 15) is 0 Å². The minimum atomic E-state index is 0.180. The lowest BCUT2D eigenvalue weighted by Crippen LogP contribution is -2.45. The van der Waals surface area contributed by atoms with Crippen molar-refractivity contribution in [3.05, 3.63) is 11.3 Å². The Hall–Kier alpha value is -1.54. The van der Waals surface area contributed by atoms with E-state index in [-0.39, 0.29) is 5.41 Å². The third-order valence-corrected chi connectivity index (χ3v) is 2.64. The zero-order valence-electron chi connectivity index (χ0n) is 8.92. The maximum absolute atomic E-state index is 8.91. The summed E-state index contributed by atoms with van der Waals surface area (Å²) in [6, 6.07) is 2.13. The van der Waals surface area contributed by atoms with Crippen molar-refractivity contribution in [3.63, 3.8) is 0 Å². The molecule has 0 unspecified atom stereocenters. The molecule has 2 rings (SSSR count).